The molecule has 2 rings (SSSR count). The van der Waals surface area contributed by atoms with Crippen LogP contribution in [0.2, 0.25) is 0 Å². The zero-order valence-electron chi connectivity index (χ0n) is 16.3. The molecule has 1 N–H and O–H groups in total. The van der Waals surface area contributed by atoms with Gasteiger partial charge in [0.05, 0.1) is 12.3 Å². The third-order valence-electron chi connectivity index (χ3n) is 4.52. The van der Waals surface area contributed by atoms with Crippen molar-refractivity contribution in [3.8, 4) is 5.75 Å². The van der Waals surface area contributed by atoms with E-state index in [4.69, 9.17) is 9.47 Å². The van der Waals surface area contributed by atoms with E-state index >= 15 is 0 Å². The monoisotopic (exact) mass is 358 g/mol. The molecule has 0 unspecified atom stereocenters. The van der Waals surface area contributed by atoms with Gasteiger partial charge in [-0.1, -0.05) is 27.2 Å². The first-order chi connectivity index (χ1) is 12.6. The molecule has 1 aromatic heterocycles. The standard InChI is InChI=1S/C21H30N2O3/c1-5-8-15-25-18-12-11-17(16-10-9-13-22-19(16)18)23-20(24)21(4,7-3)26-14-6-2/h9-13H,5-8,14-15H2,1-4H3,(H,23,24)/t21-/m0/s1. The van der Waals surface area contributed by atoms with Crippen LogP contribution in [0.5, 0.6) is 5.75 Å². The van der Waals surface area contributed by atoms with Crippen molar-refractivity contribution >= 4 is 22.5 Å². The summed E-state index contributed by atoms with van der Waals surface area (Å²) in [5, 5.41) is 3.88. The highest BCUT2D eigenvalue weighted by Gasteiger charge is 2.32. The lowest BCUT2D eigenvalue weighted by atomic mass is 10.0. The second kappa shape index (κ2) is 9.53. The van der Waals surface area contributed by atoms with Gasteiger partial charge in [-0.05, 0) is 50.5 Å². The molecule has 0 aliphatic carbocycles. The minimum Gasteiger partial charge on any atom is -0.491 e. The Hall–Kier alpha value is -2.14. The van der Waals surface area contributed by atoms with E-state index in [2.05, 4.69) is 17.2 Å². The largest absolute Gasteiger partial charge is 0.491 e. The Labute approximate surface area is 156 Å². The topological polar surface area (TPSA) is 60.5 Å². The normalized spacial score (nSPS) is 13.4. The molecule has 0 aliphatic heterocycles. The summed E-state index contributed by atoms with van der Waals surface area (Å²) in [6.07, 6.45) is 5.29. The number of amides is 1. The zero-order valence-corrected chi connectivity index (χ0v) is 16.3. The molecule has 5 heteroatoms. The van der Waals surface area contributed by atoms with Crippen molar-refractivity contribution in [1.29, 1.82) is 0 Å². The first-order valence-corrected chi connectivity index (χ1v) is 9.51. The van der Waals surface area contributed by atoms with Crippen molar-refractivity contribution in [2.45, 2.75) is 59.0 Å². The summed E-state index contributed by atoms with van der Waals surface area (Å²) < 4.78 is 11.7. The molecule has 0 spiro atoms. The first kappa shape index (κ1) is 20.2. The van der Waals surface area contributed by atoms with Crippen molar-refractivity contribution in [3.05, 3.63) is 30.5 Å². The van der Waals surface area contributed by atoms with E-state index in [1.807, 2.05) is 45.0 Å². The van der Waals surface area contributed by atoms with Crippen LogP contribution in [0.15, 0.2) is 30.5 Å². The number of hydrogen-bond donors (Lipinski definition) is 1. The Morgan fingerprint density at radius 1 is 1.15 bits per heavy atom. The van der Waals surface area contributed by atoms with Crippen LogP contribution in [-0.4, -0.2) is 29.7 Å². The van der Waals surface area contributed by atoms with Gasteiger partial charge in [0.25, 0.3) is 5.91 Å². The third-order valence-corrected chi connectivity index (χ3v) is 4.52. The highest BCUT2D eigenvalue weighted by molar-refractivity contribution is 6.05. The summed E-state index contributed by atoms with van der Waals surface area (Å²) in [7, 11) is 0. The molecule has 0 radical (unpaired) electrons. The van der Waals surface area contributed by atoms with Gasteiger partial charge in [0, 0.05) is 18.2 Å². The van der Waals surface area contributed by atoms with Gasteiger partial charge in [0.15, 0.2) is 0 Å². The highest BCUT2D eigenvalue weighted by atomic mass is 16.5. The van der Waals surface area contributed by atoms with Crippen molar-refractivity contribution in [3.63, 3.8) is 0 Å². The van der Waals surface area contributed by atoms with Gasteiger partial charge in [-0.25, -0.2) is 0 Å². The summed E-state index contributed by atoms with van der Waals surface area (Å²) in [5.41, 5.74) is 0.635. The number of ether oxygens (including phenoxy) is 2. The number of aromatic nitrogens is 1. The Bertz CT molecular complexity index is 732. The van der Waals surface area contributed by atoms with Crippen LogP contribution in [0.4, 0.5) is 5.69 Å². The highest BCUT2D eigenvalue weighted by Crippen LogP contribution is 2.31. The minimum atomic E-state index is -0.846. The molecule has 0 bridgehead atoms. The maximum atomic E-state index is 12.8. The zero-order chi connectivity index (χ0) is 19.0. The number of anilines is 1. The van der Waals surface area contributed by atoms with Gasteiger partial charge in [0.1, 0.15) is 16.9 Å². The molecule has 1 atom stereocenters. The lowest BCUT2D eigenvalue weighted by Gasteiger charge is -2.27. The van der Waals surface area contributed by atoms with Gasteiger partial charge < -0.3 is 14.8 Å². The van der Waals surface area contributed by atoms with Crippen LogP contribution in [0.3, 0.4) is 0 Å². The fraction of sp³-hybridized carbons (Fsp3) is 0.524. The quantitative estimate of drug-likeness (QED) is 0.611. The van der Waals surface area contributed by atoms with Crippen LogP contribution < -0.4 is 10.1 Å². The molecular weight excluding hydrogens is 328 g/mol. The molecule has 0 fully saturated rings. The number of unbranched alkanes of at least 4 members (excludes halogenated alkanes) is 1. The van der Waals surface area contributed by atoms with E-state index < -0.39 is 5.60 Å². The fourth-order valence-electron chi connectivity index (χ4n) is 2.61. The SMILES string of the molecule is CCCCOc1ccc(NC(=O)[C@](C)(CC)OCCC)c2cccnc12. The van der Waals surface area contributed by atoms with Crippen LogP contribution in [0.25, 0.3) is 10.9 Å². The predicted octanol–water partition coefficient (Wildman–Crippen LogP) is 4.95. The molecule has 1 heterocycles. The number of fused-ring (bicyclic) bond motifs is 1. The Kier molecular flexibility index (Phi) is 7.39. The van der Waals surface area contributed by atoms with Crippen LogP contribution in [0.1, 0.15) is 53.4 Å². The van der Waals surface area contributed by atoms with E-state index in [0.717, 1.165) is 41.6 Å². The smallest absolute Gasteiger partial charge is 0.256 e. The number of pyridine rings is 1. The number of hydrogen-bond acceptors (Lipinski definition) is 4. The van der Waals surface area contributed by atoms with E-state index in [9.17, 15) is 4.79 Å². The summed E-state index contributed by atoms with van der Waals surface area (Å²) in [6.45, 7) is 9.17. The van der Waals surface area contributed by atoms with Crippen molar-refractivity contribution < 1.29 is 14.3 Å². The average Bonchev–Trinajstić information content (AvgIpc) is 2.67. The maximum Gasteiger partial charge on any atom is 0.256 e. The van der Waals surface area contributed by atoms with E-state index in [1.165, 1.54) is 0 Å². The molecule has 0 saturated carbocycles. The molecule has 2 aromatic rings. The Morgan fingerprint density at radius 2 is 1.96 bits per heavy atom. The van der Waals surface area contributed by atoms with Crippen molar-refractivity contribution in [2.75, 3.05) is 18.5 Å². The van der Waals surface area contributed by atoms with E-state index in [1.54, 1.807) is 6.20 Å². The Morgan fingerprint density at radius 3 is 2.65 bits per heavy atom. The van der Waals surface area contributed by atoms with Gasteiger partial charge in [0.2, 0.25) is 0 Å². The number of nitrogens with one attached hydrogen (secondary N) is 1. The summed E-state index contributed by atoms with van der Waals surface area (Å²) in [5.74, 6) is 0.603. The van der Waals surface area contributed by atoms with Gasteiger partial charge in [-0.15, -0.1) is 0 Å². The molecular formula is C21H30N2O3. The minimum absolute atomic E-state index is 0.141. The molecule has 0 saturated heterocycles. The number of benzene rings is 1. The number of rotatable bonds is 10. The summed E-state index contributed by atoms with van der Waals surface area (Å²) >= 11 is 0. The molecule has 142 valence electrons. The Balaban J connectivity index is 2.27. The molecule has 0 aliphatic rings. The average molecular weight is 358 g/mol. The number of nitrogens with zero attached hydrogens (tertiary/aromatic N) is 1. The molecule has 26 heavy (non-hydrogen) atoms. The van der Waals surface area contributed by atoms with Crippen LogP contribution in [-0.2, 0) is 9.53 Å². The summed E-state index contributed by atoms with van der Waals surface area (Å²) in [6, 6.07) is 7.55. The number of carbonyl (C=O) groups is 1. The maximum absolute atomic E-state index is 12.8. The second-order valence-corrected chi connectivity index (χ2v) is 6.60. The van der Waals surface area contributed by atoms with Crippen LogP contribution in [0, 0.1) is 0 Å². The second-order valence-electron chi connectivity index (χ2n) is 6.60. The molecule has 1 aromatic carbocycles. The van der Waals surface area contributed by atoms with Gasteiger partial charge in [-0.2, -0.15) is 0 Å². The van der Waals surface area contributed by atoms with Crippen LogP contribution >= 0.6 is 0 Å². The van der Waals surface area contributed by atoms with E-state index in [-0.39, 0.29) is 5.91 Å². The van der Waals surface area contributed by atoms with Crippen molar-refractivity contribution in [1.82, 2.24) is 4.98 Å². The summed E-state index contributed by atoms with van der Waals surface area (Å²) in [4.78, 5) is 17.3. The van der Waals surface area contributed by atoms with Gasteiger partial charge >= 0.3 is 0 Å². The third kappa shape index (κ3) is 4.73. The number of carbonyl (C=O) groups excluding carboxylic acids is 1. The molecule has 5 nitrogen and oxygen atoms in total. The molecule has 1 amide bonds. The lowest BCUT2D eigenvalue weighted by Crippen LogP contribution is -2.42. The van der Waals surface area contributed by atoms with Crippen molar-refractivity contribution in [2.24, 2.45) is 0 Å². The van der Waals surface area contributed by atoms with Gasteiger partial charge in [-0.3, -0.25) is 9.78 Å². The fourth-order valence-corrected chi connectivity index (χ4v) is 2.61. The predicted molar refractivity (Wildman–Crippen MR) is 106 cm³/mol. The van der Waals surface area contributed by atoms with E-state index in [0.29, 0.717) is 19.6 Å². The first-order valence-electron chi connectivity index (χ1n) is 9.51. The lowest BCUT2D eigenvalue weighted by molar-refractivity contribution is -0.139.